The van der Waals surface area contributed by atoms with Gasteiger partial charge < -0.3 is 14.8 Å². The molecule has 0 saturated carbocycles. The Morgan fingerprint density at radius 2 is 1.88 bits per heavy atom. The molecule has 2 aliphatic heterocycles. The Morgan fingerprint density at radius 3 is 2.69 bits per heavy atom. The van der Waals surface area contributed by atoms with E-state index in [-0.39, 0.29) is 18.2 Å². The third kappa shape index (κ3) is 3.17. The van der Waals surface area contributed by atoms with Gasteiger partial charge >= 0.3 is 0 Å². The highest BCUT2D eigenvalue weighted by atomic mass is 32.1. The van der Waals surface area contributed by atoms with E-state index in [0.29, 0.717) is 12.1 Å². The zero-order valence-electron chi connectivity index (χ0n) is 15.9. The molecule has 4 rings (SSSR count). The van der Waals surface area contributed by atoms with Crippen molar-refractivity contribution < 1.29 is 9.47 Å². The van der Waals surface area contributed by atoms with Crippen LogP contribution in [0.3, 0.4) is 0 Å². The highest BCUT2D eigenvalue weighted by Gasteiger charge is 2.38. The second-order valence-corrected chi connectivity index (χ2v) is 9.24. The predicted octanol–water partition coefficient (Wildman–Crippen LogP) is 4.16. The fraction of sp³-hybridized carbons (Fsp3) is 0.600. The van der Waals surface area contributed by atoms with E-state index in [1.165, 1.54) is 20.9 Å². The van der Waals surface area contributed by atoms with Gasteiger partial charge in [0.15, 0.2) is 0 Å². The highest BCUT2D eigenvalue weighted by Crippen LogP contribution is 2.43. The number of thiophene rings is 2. The Hall–Kier alpha value is -0.760. The van der Waals surface area contributed by atoms with E-state index < -0.39 is 0 Å². The smallest absolute Gasteiger partial charge is 0.107 e. The molecule has 0 fully saturated rings. The van der Waals surface area contributed by atoms with E-state index in [4.69, 9.17) is 9.47 Å². The quantitative estimate of drug-likeness (QED) is 0.828. The second-order valence-electron chi connectivity index (χ2n) is 7.34. The van der Waals surface area contributed by atoms with Gasteiger partial charge in [-0.1, -0.05) is 0 Å². The molecule has 4 nitrogen and oxygen atoms in total. The Kier molecular flexibility index (Phi) is 5.51. The fourth-order valence-corrected chi connectivity index (χ4v) is 6.30. The van der Waals surface area contributed by atoms with Gasteiger partial charge in [-0.05, 0) is 68.4 Å². The lowest BCUT2D eigenvalue weighted by Gasteiger charge is -2.42. The molecule has 0 spiro atoms. The van der Waals surface area contributed by atoms with Crippen LogP contribution in [-0.2, 0) is 15.9 Å². The molecule has 0 radical (unpaired) electrons. The summed E-state index contributed by atoms with van der Waals surface area (Å²) in [7, 11) is 4.22. The lowest BCUT2D eigenvalue weighted by Crippen LogP contribution is -2.44. The maximum atomic E-state index is 6.31. The van der Waals surface area contributed by atoms with Crippen molar-refractivity contribution in [3.8, 4) is 0 Å². The Morgan fingerprint density at radius 1 is 1.12 bits per heavy atom. The van der Waals surface area contributed by atoms with Gasteiger partial charge in [0, 0.05) is 21.8 Å². The molecule has 4 heterocycles. The summed E-state index contributed by atoms with van der Waals surface area (Å²) in [4.78, 5) is 5.22. The van der Waals surface area contributed by atoms with Crippen molar-refractivity contribution in [1.29, 1.82) is 0 Å². The molecule has 1 N–H and O–H groups in total. The van der Waals surface area contributed by atoms with E-state index in [9.17, 15) is 0 Å². The summed E-state index contributed by atoms with van der Waals surface area (Å²) in [5.41, 5.74) is 2.88. The fourth-order valence-electron chi connectivity index (χ4n) is 4.09. The van der Waals surface area contributed by atoms with Crippen molar-refractivity contribution in [3.05, 3.63) is 43.8 Å². The number of nitrogens with zero attached hydrogens (tertiary/aromatic N) is 1. The summed E-state index contributed by atoms with van der Waals surface area (Å²) in [5.74, 6) is 0. The van der Waals surface area contributed by atoms with Gasteiger partial charge in [-0.15, -0.1) is 22.7 Å². The third-order valence-electron chi connectivity index (χ3n) is 5.97. The van der Waals surface area contributed by atoms with Crippen molar-refractivity contribution in [2.24, 2.45) is 0 Å². The van der Waals surface area contributed by atoms with Crippen LogP contribution in [-0.4, -0.2) is 44.3 Å². The molecule has 0 saturated heterocycles. The molecule has 26 heavy (non-hydrogen) atoms. The molecule has 6 heteroatoms. The Labute approximate surface area is 164 Å². The third-order valence-corrected chi connectivity index (χ3v) is 7.98. The topological polar surface area (TPSA) is 33.7 Å². The largest absolute Gasteiger partial charge is 0.371 e. The second kappa shape index (κ2) is 7.70. The molecule has 0 aromatic carbocycles. The van der Waals surface area contributed by atoms with Gasteiger partial charge in [0.2, 0.25) is 0 Å². The molecule has 2 aromatic heterocycles. The highest BCUT2D eigenvalue weighted by molar-refractivity contribution is 7.10. The van der Waals surface area contributed by atoms with Crippen LogP contribution in [0.25, 0.3) is 0 Å². The van der Waals surface area contributed by atoms with Crippen LogP contribution in [0, 0.1) is 0 Å². The molecule has 142 valence electrons. The molecule has 1 unspecified atom stereocenters. The molecule has 2 aliphatic rings. The number of hydrogen-bond donors (Lipinski definition) is 1. The molecule has 2 aromatic rings. The zero-order chi connectivity index (χ0) is 18.3. The van der Waals surface area contributed by atoms with Crippen molar-refractivity contribution >= 4 is 22.7 Å². The first-order chi connectivity index (χ1) is 12.6. The first kappa shape index (κ1) is 18.6. The van der Waals surface area contributed by atoms with Crippen molar-refractivity contribution in [2.75, 3.05) is 27.3 Å². The van der Waals surface area contributed by atoms with Gasteiger partial charge in [-0.2, -0.15) is 0 Å². The van der Waals surface area contributed by atoms with Crippen LogP contribution in [0.5, 0.6) is 0 Å². The van der Waals surface area contributed by atoms with Crippen molar-refractivity contribution in [3.63, 3.8) is 0 Å². The maximum Gasteiger partial charge on any atom is 0.107 e. The maximum absolute atomic E-state index is 6.31. The monoisotopic (exact) mass is 392 g/mol. The van der Waals surface area contributed by atoms with Gasteiger partial charge in [-0.3, -0.25) is 4.90 Å². The standard InChI is InChI=1S/C20H28N2O2S2/c1-12(21-3)17-20-15(7-10-26-20)16(11-24-17)22(4)13(2)18-19-14(5-8-23-18)6-9-25-19/h6-7,9-10,12-13,16-18,21H,5,8,11H2,1-4H3/t12-,13-,16?,17-,18+/m1/s1. The minimum Gasteiger partial charge on any atom is -0.371 e. The summed E-state index contributed by atoms with van der Waals surface area (Å²) < 4.78 is 12.5. The minimum atomic E-state index is 0.143. The Bertz CT molecular complexity index is 744. The molecule has 5 atom stereocenters. The normalized spacial score (nSPS) is 27.8. The van der Waals surface area contributed by atoms with Crippen LogP contribution in [0.2, 0.25) is 0 Å². The molecule has 0 amide bonds. The van der Waals surface area contributed by atoms with Crippen LogP contribution in [0.15, 0.2) is 22.9 Å². The summed E-state index contributed by atoms with van der Waals surface area (Å²) in [6.45, 7) is 6.02. The first-order valence-corrected chi connectivity index (χ1v) is 11.1. The minimum absolute atomic E-state index is 0.143. The van der Waals surface area contributed by atoms with Crippen molar-refractivity contribution in [2.45, 2.75) is 50.6 Å². The van der Waals surface area contributed by atoms with Crippen LogP contribution < -0.4 is 5.32 Å². The van der Waals surface area contributed by atoms with Crippen LogP contribution in [0.4, 0.5) is 0 Å². The zero-order valence-corrected chi connectivity index (χ0v) is 17.5. The molecule has 0 aliphatic carbocycles. The summed E-state index contributed by atoms with van der Waals surface area (Å²) >= 11 is 3.65. The van der Waals surface area contributed by atoms with Gasteiger partial charge in [0.05, 0.1) is 19.3 Å². The molecule has 0 bridgehead atoms. The molecular formula is C20H28N2O2S2. The molecular weight excluding hydrogens is 364 g/mol. The van der Waals surface area contributed by atoms with E-state index >= 15 is 0 Å². The number of fused-ring (bicyclic) bond motifs is 2. The number of likely N-dealkylation sites (N-methyl/N-ethyl adjacent to an activating group) is 2. The van der Waals surface area contributed by atoms with Gasteiger partial charge in [0.25, 0.3) is 0 Å². The van der Waals surface area contributed by atoms with E-state index in [2.05, 4.69) is 54.0 Å². The van der Waals surface area contributed by atoms with Crippen LogP contribution >= 0.6 is 22.7 Å². The van der Waals surface area contributed by atoms with Crippen LogP contribution in [0.1, 0.15) is 53.0 Å². The number of nitrogens with one attached hydrogen (secondary N) is 1. The lowest BCUT2D eigenvalue weighted by atomic mass is 9.95. The van der Waals surface area contributed by atoms with E-state index in [1.807, 2.05) is 29.7 Å². The van der Waals surface area contributed by atoms with E-state index in [0.717, 1.165) is 19.6 Å². The first-order valence-electron chi connectivity index (χ1n) is 9.37. The summed E-state index contributed by atoms with van der Waals surface area (Å²) in [6, 6.07) is 5.43. The lowest BCUT2D eigenvalue weighted by molar-refractivity contribution is -0.0583. The predicted molar refractivity (Wildman–Crippen MR) is 108 cm³/mol. The average Bonchev–Trinajstić information content (AvgIpc) is 3.34. The summed E-state index contributed by atoms with van der Waals surface area (Å²) in [6.07, 6.45) is 1.33. The number of hydrogen-bond acceptors (Lipinski definition) is 6. The number of rotatable bonds is 5. The van der Waals surface area contributed by atoms with Gasteiger partial charge in [0.1, 0.15) is 12.2 Å². The average molecular weight is 393 g/mol. The number of ether oxygens (including phenoxy) is 2. The summed E-state index contributed by atoms with van der Waals surface area (Å²) in [5, 5.41) is 7.74. The van der Waals surface area contributed by atoms with Gasteiger partial charge in [-0.25, -0.2) is 0 Å². The van der Waals surface area contributed by atoms with E-state index in [1.54, 1.807) is 0 Å². The Balaban J connectivity index is 1.57. The van der Waals surface area contributed by atoms with Crippen molar-refractivity contribution in [1.82, 2.24) is 10.2 Å². The SMILES string of the molecule is CN[C@H](C)[C@H]1OCC(N(C)[C@H](C)[C@@H]2OCCc3ccsc32)c2ccsc21.